The summed E-state index contributed by atoms with van der Waals surface area (Å²) in [6.45, 7) is 7.92. The van der Waals surface area contributed by atoms with Gasteiger partial charge in [-0.2, -0.15) is 10.2 Å². The van der Waals surface area contributed by atoms with Crippen molar-refractivity contribution in [1.29, 1.82) is 0 Å². The molecule has 114 valence electrons. The first kappa shape index (κ1) is 15.2. The Hall–Kier alpha value is -2.18. The maximum Gasteiger partial charge on any atom is 0.225 e. The molecule has 0 bridgehead atoms. The summed E-state index contributed by atoms with van der Waals surface area (Å²) in [5, 5.41) is 14.1. The fraction of sp³-hybridized carbons (Fsp3) is 0.571. The SMILES string of the molecule is Cc1n[nH]c(C)c1CC(=O)N[C@@H](c1ncnn1C)C(C)C. The summed E-state index contributed by atoms with van der Waals surface area (Å²) >= 11 is 0. The number of rotatable bonds is 5. The Morgan fingerprint density at radius 1 is 1.43 bits per heavy atom. The van der Waals surface area contributed by atoms with Gasteiger partial charge in [0.2, 0.25) is 5.91 Å². The fourth-order valence-corrected chi connectivity index (χ4v) is 2.34. The molecular weight excluding hydrogens is 268 g/mol. The van der Waals surface area contributed by atoms with Crippen LogP contribution in [0, 0.1) is 19.8 Å². The van der Waals surface area contributed by atoms with Crippen LogP contribution in [0.2, 0.25) is 0 Å². The van der Waals surface area contributed by atoms with Gasteiger partial charge in [-0.3, -0.25) is 14.6 Å². The van der Waals surface area contributed by atoms with Crippen molar-refractivity contribution < 1.29 is 4.79 Å². The number of nitrogens with zero attached hydrogens (tertiary/aromatic N) is 4. The van der Waals surface area contributed by atoms with Gasteiger partial charge in [0.25, 0.3) is 0 Å². The van der Waals surface area contributed by atoms with Crippen molar-refractivity contribution in [3.8, 4) is 0 Å². The fourth-order valence-electron chi connectivity index (χ4n) is 2.34. The Labute approximate surface area is 124 Å². The third-order valence-corrected chi connectivity index (χ3v) is 3.63. The van der Waals surface area contributed by atoms with Crippen molar-refractivity contribution in [2.24, 2.45) is 13.0 Å². The minimum atomic E-state index is -0.155. The van der Waals surface area contributed by atoms with Crippen molar-refractivity contribution in [3.63, 3.8) is 0 Å². The average molecular weight is 290 g/mol. The highest BCUT2D eigenvalue weighted by Crippen LogP contribution is 2.19. The maximum absolute atomic E-state index is 12.3. The zero-order valence-corrected chi connectivity index (χ0v) is 13.1. The molecule has 2 aromatic heterocycles. The Bertz CT molecular complexity index is 608. The number of carbonyl (C=O) groups excluding carboxylic acids is 1. The van der Waals surface area contributed by atoms with Crippen LogP contribution in [0.5, 0.6) is 0 Å². The highest BCUT2D eigenvalue weighted by atomic mass is 16.1. The summed E-state index contributed by atoms with van der Waals surface area (Å²) in [4.78, 5) is 16.6. The molecule has 0 spiro atoms. The van der Waals surface area contributed by atoms with Crippen LogP contribution in [-0.2, 0) is 18.3 Å². The number of H-pyrrole nitrogens is 1. The second kappa shape index (κ2) is 6.07. The lowest BCUT2D eigenvalue weighted by Gasteiger charge is -2.21. The molecule has 0 aromatic carbocycles. The van der Waals surface area contributed by atoms with Crippen molar-refractivity contribution in [3.05, 3.63) is 29.1 Å². The van der Waals surface area contributed by atoms with Gasteiger partial charge in [0.1, 0.15) is 12.2 Å². The average Bonchev–Trinajstić information content (AvgIpc) is 2.96. The van der Waals surface area contributed by atoms with Crippen LogP contribution < -0.4 is 5.32 Å². The van der Waals surface area contributed by atoms with Gasteiger partial charge in [-0.15, -0.1) is 0 Å². The molecule has 0 saturated carbocycles. The Kier molecular flexibility index (Phi) is 4.40. The molecular formula is C14H22N6O. The van der Waals surface area contributed by atoms with Crippen molar-refractivity contribution in [1.82, 2.24) is 30.3 Å². The van der Waals surface area contributed by atoms with Crippen LogP contribution in [0.3, 0.4) is 0 Å². The van der Waals surface area contributed by atoms with Crippen LogP contribution >= 0.6 is 0 Å². The minimum absolute atomic E-state index is 0.0377. The van der Waals surface area contributed by atoms with E-state index < -0.39 is 0 Å². The summed E-state index contributed by atoms with van der Waals surface area (Å²) in [5.41, 5.74) is 2.75. The normalized spacial score (nSPS) is 12.7. The van der Waals surface area contributed by atoms with E-state index in [1.165, 1.54) is 6.33 Å². The number of amides is 1. The molecule has 2 aromatic rings. The summed E-state index contributed by atoms with van der Waals surface area (Å²) < 4.78 is 1.69. The number of aromatic amines is 1. The molecule has 2 N–H and O–H groups in total. The van der Waals surface area contributed by atoms with Gasteiger partial charge in [0, 0.05) is 18.3 Å². The summed E-state index contributed by atoms with van der Waals surface area (Å²) in [6, 6.07) is -0.155. The number of nitrogens with one attached hydrogen (secondary N) is 2. The van der Waals surface area contributed by atoms with Crippen molar-refractivity contribution in [2.75, 3.05) is 0 Å². The molecule has 1 atom stereocenters. The van der Waals surface area contributed by atoms with Gasteiger partial charge in [-0.1, -0.05) is 13.8 Å². The summed E-state index contributed by atoms with van der Waals surface area (Å²) in [6.07, 6.45) is 1.82. The highest BCUT2D eigenvalue weighted by molar-refractivity contribution is 5.79. The van der Waals surface area contributed by atoms with E-state index in [-0.39, 0.29) is 17.9 Å². The molecule has 7 nitrogen and oxygen atoms in total. The standard InChI is InChI=1S/C14H22N6O/c1-8(2)13(14-15-7-16-20(14)5)17-12(21)6-11-9(3)18-19-10(11)4/h7-8,13H,6H2,1-5H3,(H,17,21)(H,18,19)/t13-/m1/s1. The number of hydrogen-bond donors (Lipinski definition) is 2. The maximum atomic E-state index is 12.3. The van der Waals surface area contributed by atoms with Gasteiger partial charge in [-0.05, 0) is 19.8 Å². The van der Waals surface area contributed by atoms with E-state index in [4.69, 9.17) is 0 Å². The van der Waals surface area contributed by atoms with Gasteiger partial charge in [0.05, 0.1) is 18.2 Å². The summed E-state index contributed by atoms with van der Waals surface area (Å²) in [5.74, 6) is 0.951. The van der Waals surface area contributed by atoms with E-state index in [2.05, 4.69) is 25.6 Å². The monoisotopic (exact) mass is 290 g/mol. The molecule has 2 rings (SSSR count). The molecule has 0 fully saturated rings. The molecule has 21 heavy (non-hydrogen) atoms. The van der Waals surface area contributed by atoms with Crippen molar-refractivity contribution >= 4 is 5.91 Å². The lowest BCUT2D eigenvalue weighted by Crippen LogP contribution is -2.34. The number of aryl methyl sites for hydroxylation is 3. The topological polar surface area (TPSA) is 88.5 Å². The number of aromatic nitrogens is 5. The lowest BCUT2D eigenvalue weighted by molar-refractivity contribution is -0.121. The van der Waals surface area contributed by atoms with Gasteiger partial charge < -0.3 is 5.32 Å². The van der Waals surface area contributed by atoms with Crippen LogP contribution in [-0.4, -0.2) is 30.9 Å². The Balaban J connectivity index is 2.11. The first-order valence-corrected chi connectivity index (χ1v) is 7.03. The van der Waals surface area contributed by atoms with E-state index in [1.807, 2.05) is 34.7 Å². The second-order valence-corrected chi connectivity index (χ2v) is 5.62. The molecule has 7 heteroatoms. The number of hydrogen-bond acceptors (Lipinski definition) is 4. The molecule has 0 unspecified atom stereocenters. The Morgan fingerprint density at radius 2 is 2.14 bits per heavy atom. The molecule has 0 radical (unpaired) electrons. The minimum Gasteiger partial charge on any atom is -0.346 e. The summed E-state index contributed by atoms with van der Waals surface area (Å²) in [7, 11) is 1.83. The Morgan fingerprint density at radius 3 is 2.62 bits per heavy atom. The van der Waals surface area contributed by atoms with E-state index in [0.29, 0.717) is 6.42 Å². The second-order valence-electron chi connectivity index (χ2n) is 5.62. The third kappa shape index (κ3) is 3.29. The molecule has 2 heterocycles. The first-order chi connectivity index (χ1) is 9.90. The third-order valence-electron chi connectivity index (χ3n) is 3.63. The highest BCUT2D eigenvalue weighted by Gasteiger charge is 2.23. The zero-order chi connectivity index (χ0) is 15.6. The van der Waals surface area contributed by atoms with Crippen LogP contribution in [0.15, 0.2) is 6.33 Å². The van der Waals surface area contributed by atoms with E-state index in [9.17, 15) is 4.79 Å². The van der Waals surface area contributed by atoms with Crippen LogP contribution in [0.25, 0.3) is 0 Å². The zero-order valence-electron chi connectivity index (χ0n) is 13.1. The quantitative estimate of drug-likeness (QED) is 0.866. The van der Waals surface area contributed by atoms with Gasteiger partial charge in [-0.25, -0.2) is 4.98 Å². The van der Waals surface area contributed by atoms with Gasteiger partial charge >= 0.3 is 0 Å². The molecule has 0 saturated heterocycles. The van der Waals surface area contributed by atoms with E-state index in [0.717, 1.165) is 22.8 Å². The predicted molar refractivity (Wildman–Crippen MR) is 78.5 cm³/mol. The van der Waals surface area contributed by atoms with Gasteiger partial charge in [0.15, 0.2) is 0 Å². The molecule has 0 aliphatic heterocycles. The molecule has 0 aliphatic rings. The largest absolute Gasteiger partial charge is 0.346 e. The number of carbonyl (C=O) groups is 1. The first-order valence-electron chi connectivity index (χ1n) is 7.03. The molecule has 1 amide bonds. The lowest BCUT2D eigenvalue weighted by atomic mass is 10.0. The van der Waals surface area contributed by atoms with Crippen LogP contribution in [0.4, 0.5) is 0 Å². The van der Waals surface area contributed by atoms with E-state index >= 15 is 0 Å². The predicted octanol–water partition coefficient (Wildman–Crippen LogP) is 1.21. The van der Waals surface area contributed by atoms with Crippen molar-refractivity contribution in [2.45, 2.75) is 40.2 Å². The smallest absolute Gasteiger partial charge is 0.225 e. The van der Waals surface area contributed by atoms with Crippen LogP contribution in [0.1, 0.15) is 42.7 Å². The molecule has 0 aliphatic carbocycles. The van der Waals surface area contributed by atoms with E-state index in [1.54, 1.807) is 4.68 Å².